The molecule has 1 fully saturated rings. The number of nitrogens with zero attached hydrogens (tertiary/aromatic N) is 3. The number of rotatable bonds is 6. The Morgan fingerprint density at radius 2 is 2.56 bits per heavy atom. The van der Waals surface area contributed by atoms with Gasteiger partial charge in [-0.3, -0.25) is 4.79 Å². The van der Waals surface area contributed by atoms with Crippen LogP contribution in [-0.4, -0.2) is 38.5 Å². The lowest BCUT2D eigenvalue weighted by Gasteiger charge is -2.13. The van der Waals surface area contributed by atoms with Gasteiger partial charge in [0.05, 0.1) is 6.04 Å². The van der Waals surface area contributed by atoms with Gasteiger partial charge >= 0.3 is 0 Å². The van der Waals surface area contributed by atoms with Gasteiger partial charge in [-0.05, 0) is 12.8 Å². The summed E-state index contributed by atoms with van der Waals surface area (Å²) >= 11 is 1.49. The number of carbonyl (C=O) groups is 1. The second-order valence-electron chi connectivity index (χ2n) is 3.87. The molecular formula is C9H15N5OS. The fourth-order valence-corrected chi connectivity index (χ4v) is 2.25. The molecule has 1 aromatic rings. The summed E-state index contributed by atoms with van der Waals surface area (Å²) in [6.07, 6.45) is 3.77. The maximum absolute atomic E-state index is 11.2. The summed E-state index contributed by atoms with van der Waals surface area (Å²) in [7, 11) is 1.82. The zero-order valence-electron chi connectivity index (χ0n) is 9.09. The van der Waals surface area contributed by atoms with E-state index in [9.17, 15) is 4.79 Å². The van der Waals surface area contributed by atoms with Crippen LogP contribution in [0.25, 0.3) is 0 Å². The summed E-state index contributed by atoms with van der Waals surface area (Å²) in [5, 5.41) is 7.98. The van der Waals surface area contributed by atoms with E-state index in [-0.39, 0.29) is 11.9 Å². The number of thioether (sulfide) groups is 1. The molecule has 0 aliphatic heterocycles. The highest BCUT2D eigenvalue weighted by molar-refractivity contribution is 7.99. The Kier molecular flexibility index (Phi) is 3.45. The van der Waals surface area contributed by atoms with E-state index >= 15 is 0 Å². The van der Waals surface area contributed by atoms with Crippen molar-refractivity contribution < 1.29 is 4.79 Å². The molecule has 1 heterocycles. The third-order valence-electron chi connectivity index (χ3n) is 2.41. The molecule has 0 spiro atoms. The summed E-state index contributed by atoms with van der Waals surface area (Å²) < 4.78 is 1.68. The van der Waals surface area contributed by atoms with E-state index in [1.807, 2.05) is 7.05 Å². The number of hydrogen-bond acceptors (Lipinski definition) is 5. The number of hydrogen-bond donors (Lipinski definition) is 2. The lowest BCUT2D eigenvalue weighted by Crippen LogP contribution is -2.44. The molecule has 88 valence electrons. The summed E-state index contributed by atoms with van der Waals surface area (Å²) in [5.41, 5.74) is 5.33. The van der Waals surface area contributed by atoms with Crippen molar-refractivity contribution in [3.63, 3.8) is 0 Å². The van der Waals surface area contributed by atoms with Crippen LogP contribution in [0.4, 0.5) is 0 Å². The summed E-state index contributed by atoms with van der Waals surface area (Å²) in [4.78, 5) is 15.3. The molecule has 6 nitrogen and oxygen atoms in total. The van der Waals surface area contributed by atoms with E-state index in [0.29, 0.717) is 11.8 Å². The standard InChI is InChI=1S/C9H15N5OS/c1-14-9(11-5-12-14)16-4-7(8(10)15)13-6-2-3-6/h5-7,13H,2-4H2,1H3,(H2,10,15). The van der Waals surface area contributed by atoms with Gasteiger partial charge in [-0.15, -0.1) is 0 Å². The van der Waals surface area contributed by atoms with Crippen LogP contribution in [0.1, 0.15) is 12.8 Å². The first-order valence-corrected chi connectivity index (χ1v) is 6.17. The van der Waals surface area contributed by atoms with E-state index in [1.54, 1.807) is 4.68 Å². The highest BCUT2D eigenvalue weighted by atomic mass is 32.2. The lowest BCUT2D eigenvalue weighted by atomic mass is 10.3. The zero-order chi connectivity index (χ0) is 11.5. The Bertz CT molecular complexity index is 376. The Labute approximate surface area is 98.0 Å². The molecule has 7 heteroatoms. The fraction of sp³-hybridized carbons (Fsp3) is 0.667. The van der Waals surface area contributed by atoms with Crippen LogP contribution >= 0.6 is 11.8 Å². The summed E-state index contributed by atoms with van der Waals surface area (Å²) in [5.74, 6) is 0.291. The van der Waals surface area contributed by atoms with Crippen molar-refractivity contribution in [3.05, 3.63) is 6.33 Å². The summed E-state index contributed by atoms with van der Waals surface area (Å²) in [6.45, 7) is 0. The average Bonchev–Trinajstić information content (AvgIpc) is 2.96. The van der Waals surface area contributed by atoms with Crippen molar-refractivity contribution in [2.24, 2.45) is 12.8 Å². The van der Waals surface area contributed by atoms with Gasteiger partial charge < -0.3 is 11.1 Å². The van der Waals surface area contributed by atoms with Crippen LogP contribution in [0.5, 0.6) is 0 Å². The normalized spacial score (nSPS) is 17.3. The maximum atomic E-state index is 11.2. The second-order valence-corrected chi connectivity index (χ2v) is 4.86. The van der Waals surface area contributed by atoms with Gasteiger partial charge in [0, 0.05) is 18.8 Å². The number of carbonyl (C=O) groups excluding carboxylic acids is 1. The minimum absolute atomic E-state index is 0.283. The van der Waals surface area contributed by atoms with Crippen molar-refractivity contribution in [2.45, 2.75) is 30.1 Å². The molecule has 0 radical (unpaired) electrons. The Hall–Kier alpha value is -1.08. The highest BCUT2D eigenvalue weighted by Gasteiger charge is 2.27. The van der Waals surface area contributed by atoms with Crippen LogP contribution in [0, 0.1) is 0 Å². The van der Waals surface area contributed by atoms with Gasteiger partial charge in [-0.1, -0.05) is 11.8 Å². The van der Waals surface area contributed by atoms with Crippen LogP contribution in [0.2, 0.25) is 0 Å². The van der Waals surface area contributed by atoms with Gasteiger partial charge in [0.2, 0.25) is 5.91 Å². The smallest absolute Gasteiger partial charge is 0.235 e. The van der Waals surface area contributed by atoms with Gasteiger partial charge in [-0.25, -0.2) is 9.67 Å². The molecule has 1 aliphatic rings. The van der Waals surface area contributed by atoms with Crippen molar-refractivity contribution in [1.82, 2.24) is 20.1 Å². The van der Waals surface area contributed by atoms with Gasteiger partial charge in [0.1, 0.15) is 6.33 Å². The molecular weight excluding hydrogens is 226 g/mol. The molecule has 1 aliphatic carbocycles. The van der Waals surface area contributed by atoms with Crippen molar-refractivity contribution in [1.29, 1.82) is 0 Å². The van der Waals surface area contributed by atoms with Gasteiger partial charge in [0.15, 0.2) is 5.16 Å². The molecule has 1 saturated carbocycles. The van der Waals surface area contributed by atoms with Crippen molar-refractivity contribution in [3.8, 4) is 0 Å². The number of nitrogens with one attached hydrogen (secondary N) is 1. The quantitative estimate of drug-likeness (QED) is 0.657. The third-order valence-corrected chi connectivity index (χ3v) is 3.53. The predicted octanol–water partition coefficient (Wildman–Crippen LogP) is -0.487. The van der Waals surface area contributed by atoms with E-state index < -0.39 is 0 Å². The highest BCUT2D eigenvalue weighted by Crippen LogP contribution is 2.21. The predicted molar refractivity (Wildman–Crippen MR) is 60.9 cm³/mol. The first-order valence-electron chi connectivity index (χ1n) is 5.19. The van der Waals surface area contributed by atoms with E-state index in [4.69, 9.17) is 5.73 Å². The molecule has 1 aromatic heterocycles. The van der Waals surface area contributed by atoms with Gasteiger partial charge in [-0.2, -0.15) is 5.10 Å². The third kappa shape index (κ3) is 2.96. The lowest BCUT2D eigenvalue weighted by molar-refractivity contribution is -0.119. The maximum Gasteiger partial charge on any atom is 0.235 e. The topological polar surface area (TPSA) is 85.8 Å². The van der Waals surface area contributed by atoms with Crippen molar-refractivity contribution >= 4 is 17.7 Å². The molecule has 1 amide bonds. The monoisotopic (exact) mass is 241 g/mol. The molecule has 0 bridgehead atoms. The van der Waals surface area contributed by atoms with Crippen LogP contribution < -0.4 is 11.1 Å². The SMILES string of the molecule is Cn1ncnc1SCC(NC1CC1)C(N)=O. The Morgan fingerprint density at radius 3 is 3.06 bits per heavy atom. The largest absolute Gasteiger partial charge is 0.368 e. The first kappa shape index (κ1) is 11.4. The Balaban J connectivity index is 1.85. The molecule has 3 N–H and O–H groups in total. The Morgan fingerprint density at radius 1 is 1.81 bits per heavy atom. The molecule has 0 aromatic carbocycles. The van der Waals surface area contributed by atoms with Gasteiger partial charge in [0.25, 0.3) is 0 Å². The zero-order valence-corrected chi connectivity index (χ0v) is 9.91. The van der Waals surface area contributed by atoms with E-state index in [2.05, 4.69) is 15.4 Å². The second kappa shape index (κ2) is 4.84. The molecule has 1 unspecified atom stereocenters. The number of aryl methyl sites for hydroxylation is 1. The molecule has 2 rings (SSSR count). The number of primary amides is 1. The van der Waals surface area contributed by atoms with Crippen molar-refractivity contribution in [2.75, 3.05) is 5.75 Å². The first-order chi connectivity index (χ1) is 7.66. The molecule has 1 atom stereocenters. The number of nitrogens with two attached hydrogens (primary N) is 1. The fourth-order valence-electron chi connectivity index (χ4n) is 1.32. The van der Waals surface area contributed by atoms with Crippen LogP contribution in [-0.2, 0) is 11.8 Å². The molecule has 16 heavy (non-hydrogen) atoms. The van der Waals surface area contributed by atoms with E-state index in [1.165, 1.54) is 18.1 Å². The average molecular weight is 241 g/mol. The van der Waals surface area contributed by atoms with E-state index in [0.717, 1.165) is 18.0 Å². The number of amides is 1. The van der Waals surface area contributed by atoms with Crippen LogP contribution in [0.3, 0.4) is 0 Å². The minimum Gasteiger partial charge on any atom is -0.368 e. The summed E-state index contributed by atoms with van der Waals surface area (Å²) in [6, 6.07) is 0.187. The number of aromatic nitrogens is 3. The molecule has 0 saturated heterocycles. The van der Waals surface area contributed by atoms with Crippen LogP contribution in [0.15, 0.2) is 11.5 Å². The minimum atomic E-state index is -0.304.